The maximum atomic E-state index is 11.7. The van der Waals surface area contributed by atoms with Crippen LogP contribution in [0.25, 0.3) is 0 Å². The van der Waals surface area contributed by atoms with Crippen molar-refractivity contribution >= 4 is 30.1 Å². The van der Waals surface area contributed by atoms with Gasteiger partial charge in [-0.3, -0.25) is 9.59 Å². The molecule has 212 valence electrons. The Balaban J connectivity index is 0.000000495. The van der Waals surface area contributed by atoms with Gasteiger partial charge in [0.15, 0.2) is 5.84 Å². The van der Waals surface area contributed by atoms with Gasteiger partial charge in [-0.15, -0.1) is 0 Å². The summed E-state index contributed by atoms with van der Waals surface area (Å²) in [4.78, 5) is 31.6. The molecule has 0 atom stereocenters. The van der Waals surface area contributed by atoms with Crippen molar-refractivity contribution in [2.75, 3.05) is 33.9 Å². The van der Waals surface area contributed by atoms with E-state index in [1.54, 1.807) is 37.4 Å². The summed E-state index contributed by atoms with van der Waals surface area (Å²) in [5, 5.41) is 16.8. The number of aliphatic imine (C=N–C) groups is 1. The molecular weight excluding hydrogens is 496 g/mol. The molecule has 2 amide bonds. The lowest BCUT2D eigenvalue weighted by Crippen LogP contribution is -2.26. The standard InChI is InChI=1S/C19H28N4O3.C10H14N2O/c1-20-10-5-12-21-18(24)6-3-4-11-22-19(23-25-2)16-7-8-17-15(14-16)9-13-26-17;1-8(7-11)5-3-4-6-9(2)10(12)13/h7-8,11,14,20H,3-6,9-10,12-13H2,1-2H3,(H,21,24);3-7,11H,1-2H3,(H2,12,13)/b22-11?,23-19-;4-3-,8-5+,9-6+,11-7?. The highest BCUT2D eigenvalue weighted by Gasteiger charge is 2.14. The van der Waals surface area contributed by atoms with Gasteiger partial charge >= 0.3 is 0 Å². The number of carbonyl (C=O) groups excluding carboxylic acids is 2. The largest absolute Gasteiger partial charge is 0.493 e. The third-order valence-electron chi connectivity index (χ3n) is 5.43. The van der Waals surface area contributed by atoms with E-state index in [0.717, 1.165) is 54.9 Å². The maximum absolute atomic E-state index is 11.7. The average Bonchev–Trinajstić information content (AvgIpc) is 3.40. The monoisotopic (exact) mass is 538 g/mol. The molecule has 10 heteroatoms. The quantitative estimate of drug-likeness (QED) is 0.0714. The minimum atomic E-state index is -0.419. The number of fused-ring (bicyclic) bond motifs is 1. The highest BCUT2D eigenvalue weighted by molar-refractivity contribution is 6.03. The van der Waals surface area contributed by atoms with E-state index in [9.17, 15) is 9.59 Å². The van der Waals surface area contributed by atoms with E-state index in [2.05, 4.69) is 20.8 Å². The smallest absolute Gasteiger partial charge is 0.244 e. The molecule has 0 unspecified atom stereocenters. The first kappa shape index (κ1) is 33.0. The molecule has 39 heavy (non-hydrogen) atoms. The van der Waals surface area contributed by atoms with Crippen LogP contribution in [0, 0.1) is 5.41 Å². The number of nitrogens with two attached hydrogens (primary N) is 1. The average molecular weight is 539 g/mol. The highest BCUT2D eigenvalue weighted by Crippen LogP contribution is 2.26. The number of primary amides is 1. The third-order valence-corrected chi connectivity index (χ3v) is 5.43. The second-order valence-electron chi connectivity index (χ2n) is 8.68. The molecule has 1 aromatic carbocycles. The van der Waals surface area contributed by atoms with Crippen molar-refractivity contribution in [2.45, 2.75) is 46.0 Å². The Morgan fingerprint density at radius 1 is 1.18 bits per heavy atom. The van der Waals surface area contributed by atoms with Crippen LogP contribution in [0.15, 0.2) is 63.8 Å². The number of benzene rings is 1. The van der Waals surface area contributed by atoms with Crippen molar-refractivity contribution < 1.29 is 19.2 Å². The van der Waals surface area contributed by atoms with E-state index in [4.69, 9.17) is 20.7 Å². The Morgan fingerprint density at radius 2 is 1.95 bits per heavy atom. The van der Waals surface area contributed by atoms with E-state index in [1.165, 1.54) is 13.3 Å². The van der Waals surface area contributed by atoms with Gasteiger partial charge in [0.25, 0.3) is 0 Å². The zero-order valence-corrected chi connectivity index (χ0v) is 23.5. The molecule has 0 spiro atoms. The molecule has 1 aliphatic heterocycles. The van der Waals surface area contributed by atoms with Gasteiger partial charge in [-0.1, -0.05) is 29.5 Å². The molecule has 0 saturated heterocycles. The number of nitrogens with one attached hydrogen (secondary N) is 3. The molecule has 0 aliphatic carbocycles. The summed E-state index contributed by atoms with van der Waals surface area (Å²) in [7, 11) is 3.41. The molecular formula is C29H42N6O4. The minimum absolute atomic E-state index is 0.0823. The summed E-state index contributed by atoms with van der Waals surface area (Å²) < 4.78 is 5.52. The lowest BCUT2D eigenvalue weighted by molar-refractivity contribution is -0.121. The lowest BCUT2D eigenvalue weighted by atomic mass is 10.1. The van der Waals surface area contributed by atoms with Crippen LogP contribution in [0.1, 0.15) is 50.7 Å². The van der Waals surface area contributed by atoms with Crippen molar-refractivity contribution in [1.82, 2.24) is 10.6 Å². The zero-order chi connectivity index (χ0) is 28.9. The molecule has 0 fully saturated rings. The summed E-state index contributed by atoms with van der Waals surface area (Å²) in [6.07, 6.45) is 13.7. The van der Waals surface area contributed by atoms with Crippen LogP contribution in [0.4, 0.5) is 0 Å². The predicted octanol–water partition coefficient (Wildman–Crippen LogP) is 3.47. The van der Waals surface area contributed by atoms with Crippen LogP contribution in [-0.2, 0) is 20.8 Å². The Morgan fingerprint density at radius 3 is 2.64 bits per heavy atom. The van der Waals surface area contributed by atoms with Crippen LogP contribution in [0.2, 0.25) is 0 Å². The van der Waals surface area contributed by atoms with Crippen molar-refractivity contribution in [2.24, 2.45) is 15.9 Å². The highest BCUT2D eigenvalue weighted by atomic mass is 16.6. The van der Waals surface area contributed by atoms with Crippen molar-refractivity contribution in [3.63, 3.8) is 0 Å². The fraction of sp³-hybridized carbons (Fsp3) is 0.414. The first-order chi connectivity index (χ1) is 18.8. The van der Waals surface area contributed by atoms with Gasteiger partial charge < -0.3 is 31.4 Å². The first-order valence-corrected chi connectivity index (χ1v) is 13.0. The van der Waals surface area contributed by atoms with E-state index in [1.807, 2.05) is 32.2 Å². The van der Waals surface area contributed by atoms with Crippen molar-refractivity contribution in [3.05, 3.63) is 64.8 Å². The van der Waals surface area contributed by atoms with Gasteiger partial charge in [-0.05, 0) is 76.0 Å². The van der Waals surface area contributed by atoms with Crippen LogP contribution < -0.4 is 21.1 Å². The minimum Gasteiger partial charge on any atom is -0.493 e. The molecule has 2 rings (SSSR count). The number of hydrogen-bond donors (Lipinski definition) is 4. The number of amidine groups is 1. The van der Waals surface area contributed by atoms with E-state index >= 15 is 0 Å². The molecule has 1 aromatic rings. The Labute approximate surface area is 231 Å². The molecule has 1 heterocycles. The third kappa shape index (κ3) is 14.5. The summed E-state index contributed by atoms with van der Waals surface area (Å²) in [5.74, 6) is 1.12. The van der Waals surface area contributed by atoms with Crippen LogP contribution in [-0.4, -0.2) is 63.9 Å². The van der Waals surface area contributed by atoms with Crippen molar-refractivity contribution in [3.8, 4) is 5.75 Å². The fourth-order valence-electron chi connectivity index (χ4n) is 3.19. The Bertz CT molecular complexity index is 1090. The van der Waals surface area contributed by atoms with Gasteiger partial charge in [-0.2, -0.15) is 0 Å². The van der Waals surface area contributed by atoms with E-state index in [0.29, 0.717) is 30.8 Å². The summed E-state index contributed by atoms with van der Waals surface area (Å²) in [5.41, 5.74) is 8.43. The maximum Gasteiger partial charge on any atom is 0.244 e. The number of ether oxygens (including phenoxy) is 1. The van der Waals surface area contributed by atoms with Gasteiger partial charge in [0.1, 0.15) is 12.9 Å². The number of allylic oxidation sites excluding steroid dienone is 5. The molecule has 0 bridgehead atoms. The summed E-state index contributed by atoms with van der Waals surface area (Å²) in [6, 6.07) is 5.91. The number of unbranched alkanes of at least 4 members (excludes halogenated alkanes) is 1. The first-order valence-electron chi connectivity index (χ1n) is 13.0. The molecule has 5 N–H and O–H groups in total. The summed E-state index contributed by atoms with van der Waals surface area (Å²) >= 11 is 0. The van der Waals surface area contributed by atoms with Crippen LogP contribution in [0.5, 0.6) is 5.75 Å². The normalized spacial score (nSPS) is 13.5. The number of hydrogen-bond acceptors (Lipinski definition) is 7. The number of oxime groups is 1. The van der Waals surface area contributed by atoms with Gasteiger partial charge in [0.2, 0.25) is 11.8 Å². The Hall–Kier alpha value is -4.05. The number of amides is 2. The topological polar surface area (TPSA) is 151 Å². The lowest BCUT2D eigenvalue weighted by Gasteiger charge is -2.04. The van der Waals surface area contributed by atoms with Crippen LogP contribution in [0.3, 0.4) is 0 Å². The molecule has 0 aromatic heterocycles. The molecule has 1 aliphatic rings. The van der Waals surface area contributed by atoms with Crippen LogP contribution >= 0.6 is 0 Å². The molecule has 0 saturated carbocycles. The molecule has 10 nitrogen and oxygen atoms in total. The number of rotatable bonds is 14. The van der Waals surface area contributed by atoms with Crippen molar-refractivity contribution in [1.29, 1.82) is 5.41 Å². The van der Waals surface area contributed by atoms with Gasteiger partial charge in [0, 0.05) is 43.0 Å². The second-order valence-corrected chi connectivity index (χ2v) is 8.68. The SMILES string of the molecule is CNCCCNC(=O)CCCC=N/C(=N\OC)c1ccc2c(c1)CCO2.C\C(C=N)=C/C=C\C=C(/C)C(N)=O. The van der Waals surface area contributed by atoms with Gasteiger partial charge in [-0.25, -0.2) is 4.99 Å². The summed E-state index contributed by atoms with van der Waals surface area (Å²) in [6.45, 7) is 5.81. The number of nitrogens with zero attached hydrogens (tertiary/aromatic N) is 2. The fourth-order valence-corrected chi connectivity index (χ4v) is 3.19. The molecule has 0 radical (unpaired) electrons. The predicted molar refractivity (Wildman–Crippen MR) is 158 cm³/mol. The van der Waals surface area contributed by atoms with Gasteiger partial charge in [0.05, 0.1) is 6.61 Å². The van der Waals surface area contributed by atoms with E-state index in [-0.39, 0.29) is 5.91 Å². The van der Waals surface area contributed by atoms with E-state index < -0.39 is 5.91 Å². The zero-order valence-electron chi connectivity index (χ0n) is 23.5. The number of carbonyl (C=O) groups is 2. The Kier molecular flexibility index (Phi) is 16.9. The second kappa shape index (κ2) is 20.0.